The number of benzene rings is 2. The first-order chi connectivity index (χ1) is 38.6. The quantitative estimate of drug-likeness (QED) is 0.0273. The van der Waals surface area contributed by atoms with Gasteiger partial charge in [-0.15, -0.1) is 0 Å². The number of imidazole rings is 2. The molecule has 2 unspecified atom stereocenters. The number of hydrogen-bond donors (Lipinski definition) is 3. The second-order valence-electron chi connectivity index (χ2n) is 22.0. The SMILES string of the molecule is CC(C)N(C(C)C)P(OCCC#N)OC[C@H]1O[C@@H](n2cnc3c(NC(=O)c4ccccc4)ncnc32)[C@H](O[Si](C)(C)C(C)(C)C)[C@@H]1NP(=S)(OCCC#N)OC[C@H]1O[C@@H](n2cnc3c(NC(=O)c4ccccc4)ncnc32)[C@H](C)[C@@H]1C. The van der Waals surface area contributed by atoms with Gasteiger partial charge in [-0.05, 0) is 87.8 Å². The predicted molar refractivity (Wildman–Crippen MR) is 312 cm³/mol. The minimum absolute atomic E-state index is 0.00844. The van der Waals surface area contributed by atoms with Crippen molar-refractivity contribution in [1.29, 1.82) is 10.5 Å². The summed E-state index contributed by atoms with van der Waals surface area (Å²) in [6, 6.07) is 21.2. The van der Waals surface area contributed by atoms with Crippen molar-refractivity contribution in [3.8, 4) is 12.1 Å². The Bertz CT molecular complexity index is 3240. The first kappa shape index (κ1) is 61.5. The number of hydrogen-bond acceptors (Lipinski definition) is 19. The predicted octanol–water partition coefficient (Wildman–Crippen LogP) is 10.1. The smallest absolute Gasteiger partial charge is 0.261 e. The fraction of sp³-hybridized carbons (Fsp3) is 0.519. The van der Waals surface area contributed by atoms with Crippen molar-refractivity contribution >= 4 is 81.1 Å². The summed E-state index contributed by atoms with van der Waals surface area (Å²) in [5, 5.41) is 28.4. The van der Waals surface area contributed by atoms with Gasteiger partial charge in [-0.25, -0.2) is 39.7 Å². The van der Waals surface area contributed by atoms with Crippen molar-refractivity contribution in [1.82, 2.24) is 48.8 Å². The van der Waals surface area contributed by atoms with E-state index in [1.807, 2.05) is 16.7 Å². The van der Waals surface area contributed by atoms with Crippen molar-refractivity contribution in [3.63, 3.8) is 0 Å². The number of carbonyl (C=O) groups is 2. The number of amides is 2. The number of nitrogens with zero attached hydrogens (tertiary/aromatic N) is 11. The molecule has 2 saturated heterocycles. The van der Waals surface area contributed by atoms with Gasteiger partial charge in [0.15, 0.2) is 48.5 Å². The number of rotatable bonds is 25. The first-order valence-corrected chi connectivity index (χ1v) is 33.6. The molecule has 81 heavy (non-hydrogen) atoms. The van der Waals surface area contributed by atoms with E-state index in [9.17, 15) is 20.1 Å². The Morgan fingerprint density at radius 2 is 1.26 bits per heavy atom. The lowest BCUT2D eigenvalue weighted by Crippen LogP contribution is -2.52. The summed E-state index contributed by atoms with van der Waals surface area (Å²) in [6.45, 7) is 19.5. The molecular weight excluding hydrogens is 1110 g/mol. The standard InChI is InChI=1S/C54H72N14O9P2SSi/c1-34(2)68(35(3)4)78(71-26-18-24-55)72-28-41-42(45(77-81(10,11)54(7,8)9)53(76-41)67-33-62-44-47(58-31-60-49(44)67)64-51(70)39-22-16-13-17-23-39)65-79(80,73-27-19-25-56)74-29-40-36(5)37(6)52(75-40)66-32-61-43-46(57-30-59-48(43)66)63-50(69)38-20-14-12-15-21-38/h12-17,20-23,30-37,40-42,45,52-53H,18-19,26-29H2,1-11H3,(H,65,80)(H,57,59,63,69)(H,58,60,64,70)/t36-,37+,40+,41+,42+,45+,52+,53+,78?,79?/m0/s1. The van der Waals surface area contributed by atoms with E-state index in [4.69, 9.17) is 48.8 Å². The molecule has 2 amide bonds. The third kappa shape index (κ3) is 14.3. The van der Waals surface area contributed by atoms with Crippen molar-refractivity contribution in [2.45, 2.75) is 142 Å². The molecule has 0 saturated carbocycles. The number of aromatic nitrogens is 8. The minimum Gasteiger partial charge on any atom is -0.408 e. The second kappa shape index (κ2) is 26.8. The van der Waals surface area contributed by atoms with Crippen LogP contribution in [-0.4, -0.2) is 127 Å². The maximum Gasteiger partial charge on any atom is 0.261 e. The van der Waals surface area contributed by atoms with Crippen molar-refractivity contribution in [2.24, 2.45) is 11.8 Å². The number of carbonyl (C=O) groups excluding carboxylic acids is 2. The summed E-state index contributed by atoms with van der Waals surface area (Å²) < 4.78 is 53.8. The van der Waals surface area contributed by atoms with E-state index in [2.05, 4.69) is 133 Å². The third-order valence-corrected chi connectivity index (χ3v) is 23.9. The van der Waals surface area contributed by atoms with Crippen LogP contribution in [0.2, 0.25) is 18.1 Å². The van der Waals surface area contributed by atoms with E-state index < -0.39 is 60.3 Å². The second-order valence-corrected chi connectivity index (χ2v) is 31.4. The van der Waals surface area contributed by atoms with Crippen LogP contribution in [0.3, 0.4) is 0 Å². The molecular formula is C54H72N14O9P2SSi. The van der Waals surface area contributed by atoms with Gasteiger partial charge in [0.05, 0.1) is 76.2 Å². The summed E-state index contributed by atoms with van der Waals surface area (Å²) in [6.07, 6.45) is 2.44. The Hall–Kier alpha value is -5.60. The van der Waals surface area contributed by atoms with E-state index in [0.29, 0.717) is 33.5 Å². The van der Waals surface area contributed by atoms with Crippen LogP contribution in [0, 0.1) is 34.5 Å². The molecule has 3 N–H and O–H groups in total. The molecule has 10 atom stereocenters. The molecule has 6 heterocycles. The van der Waals surface area contributed by atoms with E-state index >= 15 is 0 Å². The van der Waals surface area contributed by atoms with Gasteiger partial charge in [-0.3, -0.25) is 18.7 Å². The van der Waals surface area contributed by atoms with Crippen LogP contribution in [0.25, 0.3) is 22.3 Å². The van der Waals surface area contributed by atoms with Gasteiger partial charge >= 0.3 is 0 Å². The molecule has 2 aliphatic heterocycles. The van der Waals surface area contributed by atoms with Crippen LogP contribution >= 0.6 is 15.2 Å². The lowest BCUT2D eigenvalue weighted by molar-refractivity contribution is -0.0447. The zero-order valence-electron chi connectivity index (χ0n) is 47.5. The zero-order valence-corrected chi connectivity index (χ0v) is 51.1. The van der Waals surface area contributed by atoms with Crippen molar-refractivity contribution in [2.75, 3.05) is 37.1 Å². The van der Waals surface area contributed by atoms with Crippen LogP contribution in [0.5, 0.6) is 0 Å². The molecule has 27 heteroatoms. The van der Waals surface area contributed by atoms with E-state index in [1.54, 1.807) is 65.8 Å². The van der Waals surface area contributed by atoms with Gasteiger partial charge in [0.25, 0.3) is 27.0 Å². The van der Waals surface area contributed by atoms with Crippen molar-refractivity contribution in [3.05, 3.63) is 97.1 Å². The maximum absolute atomic E-state index is 13.5. The fourth-order valence-corrected chi connectivity index (χ4v) is 14.6. The Labute approximate surface area is 480 Å². The van der Waals surface area contributed by atoms with Gasteiger partial charge in [0.2, 0.25) is 0 Å². The van der Waals surface area contributed by atoms with Crippen LogP contribution < -0.4 is 15.7 Å². The summed E-state index contributed by atoms with van der Waals surface area (Å²) in [4.78, 5) is 54.1. The van der Waals surface area contributed by atoms with Gasteiger partial charge in [-0.1, -0.05) is 71.0 Å². The maximum atomic E-state index is 13.5. The van der Waals surface area contributed by atoms with E-state index in [1.165, 1.54) is 12.7 Å². The molecule has 2 aliphatic rings. The fourth-order valence-electron chi connectivity index (χ4n) is 9.36. The Morgan fingerprint density at radius 3 is 1.78 bits per heavy atom. The number of nitrogens with one attached hydrogen (secondary N) is 3. The third-order valence-electron chi connectivity index (χ3n) is 14.8. The van der Waals surface area contributed by atoms with Crippen molar-refractivity contribution < 1.29 is 41.6 Å². The van der Waals surface area contributed by atoms with Gasteiger partial charge in [0, 0.05) is 29.1 Å². The molecule has 2 fully saturated rings. The highest BCUT2D eigenvalue weighted by Crippen LogP contribution is 2.53. The zero-order chi connectivity index (χ0) is 58.2. The number of nitriles is 2. The lowest BCUT2D eigenvalue weighted by atomic mass is 9.93. The molecule has 23 nitrogen and oxygen atoms in total. The highest BCUT2D eigenvalue weighted by molar-refractivity contribution is 8.09. The monoisotopic (exact) mass is 1180 g/mol. The van der Waals surface area contributed by atoms with Gasteiger partial charge < -0.3 is 42.6 Å². The average Bonchev–Trinajstić information content (AvgIpc) is 3.78. The molecule has 8 rings (SSSR count). The highest BCUT2D eigenvalue weighted by atomic mass is 32.5. The Morgan fingerprint density at radius 1 is 0.741 bits per heavy atom. The molecule has 2 aromatic carbocycles. The molecule has 0 radical (unpaired) electrons. The highest BCUT2D eigenvalue weighted by Gasteiger charge is 2.54. The van der Waals surface area contributed by atoms with Gasteiger partial charge in [0.1, 0.15) is 31.1 Å². The van der Waals surface area contributed by atoms with Crippen LogP contribution in [0.1, 0.15) is 108 Å². The normalized spacial score (nSPS) is 22.5. The number of fused-ring (bicyclic) bond motifs is 2. The van der Waals surface area contributed by atoms with Crippen LogP contribution in [0.4, 0.5) is 11.6 Å². The molecule has 0 bridgehead atoms. The summed E-state index contributed by atoms with van der Waals surface area (Å²) in [5.41, 5.74) is 2.45. The molecule has 432 valence electrons. The summed E-state index contributed by atoms with van der Waals surface area (Å²) >= 11 is 6.51. The summed E-state index contributed by atoms with van der Waals surface area (Å²) in [7, 11) is -4.49. The molecule has 0 aliphatic carbocycles. The Balaban J connectivity index is 1.14. The van der Waals surface area contributed by atoms with Crippen LogP contribution in [-0.2, 0) is 43.8 Å². The van der Waals surface area contributed by atoms with E-state index in [-0.39, 0.29) is 91.7 Å². The molecule has 0 spiro atoms. The topological polar surface area (TPSA) is 273 Å². The summed E-state index contributed by atoms with van der Waals surface area (Å²) in [5.74, 6) is -0.424. The average molecular weight is 1180 g/mol. The number of anilines is 2. The number of ether oxygens (including phenoxy) is 2. The van der Waals surface area contributed by atoms with Crippen LogP contribution in [0.15, 0.2) is 86.0 Å². The largest absolute Gasteiger partial charge is 0.408 e. The molecule has 6 aromatic rings. The lowest BCUT2D eigenvalue weighted by Gasteiger charge is -2.41. The first-order valence-electron chi connectivity index (χ1n) is 27.0. The Kier molecular flexibility index (Phi) is 20.3. The minimum atomic E-state index is -3.66. The van der Waals surface area contributed by atoms with E-state index in [0.717, 1.165) is 0 Å². The molecule has 4 aromatic heterocycles. The van der Waals surface area contributed by atoms with Gasteiger partial charge in [-0.2, -0.15) is 10.5 Å².